The summed E-state index contributed by atoms with van der Waals surface area (Å²) in [6.07, 6.45) is 0. The Morgan fingerprint density at radius 2 is 2.06 bits per heavy atom. The molecule has 0 saturated heterocycles. The molecule has 0 aliphatic heterocycles. The monoisotopic (exact) mass is 304 g/mol. The van der Waals surface area contributed by atoms with Crippen LogP contribution in [-0.2, 0) is 0 Å². The van der Waals surface area contributed by atoms with Gasteiger partial charge in [-0.2, -0.15) is 0 Å². The van der Waals surface area contributed by atoms with E-state index < -0.39 is 5.41 Å². The highest BCUT2D eigenvalue weighted by molar-refractivity contribution is 7.80. The fraction of sp³-hybridized carbons (Fsp3) is 0.333. The minimum Gasteiger partial charge on any atom is -0.393 e. The Kier molecular flexibility index (Phi) is 4.96. The maximum absolute atomic E-state index is 11.9. The van der Waals surface area contributed by atoms with Crippen LogP contribution in [0, 0.1) is 5.41 Å². The Morgan fingerprint density at radius 1 is 1.44 bits per heavy atom. The summed E-state index contributed by atoms with van der Waals surface area (Å²) in [5, 5.41) is 3.55. The molecule has 3 nitrogen and oxygen atoms in total. The second-order valence-corrected chi connectivity index (χ2v) is 5.84. The number of halogens is 2. The Hall–Kier alpha value is -0.840. The summed E-state index contributed by atoms with van der Waals surface area (Å²) in [5.41, 5.74) is 5.47. The average Bonchev–Trinajstić information content (AvgIpc) is 2.29. The molecule has 1 rings (SSSR count). The fourth-order valence-electron chi connectivity index (χ4n) is 1.16. The van der Waals surface area contributed by atoms with Crippen molar-refractivity contribution >= 4 is 46.3 Å². The lowest BCUT2D eigenvalue weighted by Gasteiger charge is -2.23. The normalized spacial score (nSPS) is 11.1. The standard InChI is InChI=1S/C12H14Cl2N2OS/c1-12(2,11(15)18)6-16-10(17)8-5-7(13)3-4-9(8)14/h3-5H,6H2,1-2H3,(H2,15,18)(H,16,17). The number of amides is 1. The van der Waals surface area contributed by atoms with Gasteiger partial charge in [0.25, 0.3) is 5.91 Å². The predicted molar refractivity (Wildman–Crippen MR) is 79.4 cm³/mol. The van der Waals surface area contributed by atoms with Gasteiger partial charge in [0.2, 0.25) is 0 Å². The van der Waals surface area contributed by atoms with Crippen LogP contribution in [0.1, 0.15) is 24.2 Å². The number of carbonyl (C=O) groups is 1. The summed E-state index contributed by atoms with van der Waals surface area (Å²) in [5.74, 6) is -0.299. The summed E-state index contributed by atoms with van der Waals surface area (Å²) >= 11 is 16.7. The average molecular weight is 305 g/mol. The van der Waals surface area contributed by atoms with Crippen molar-refractivity contribution in [2.75, 3.05) is 6.54 Å². The third-order valence-electron chi connectivity index (χ3n) is 2.53. The van der Waals surface area contributed by atoms with Crippen molar-refractivity contribution in [2.45, 2.75) is 13.8 Å². The maximum atomic E-state index is 11.9. The van der Waals surface area contributed by atoms with E-state index >= 15 is 0 Å². The molecule has 0 spiro atoms. The van der Waals surface area contributed by atoms with Crippen molar-refractivity contribution in [2.24, 2.45) is 11.1 Å². The Morgan fingerprint density at radius 3 is 2.61 bits per heavy atom. The molecule has 0 unspecified atom stereocenters. The number of nitrogens with two attached hydrogens (primary N) is 1. The minimum absolute atomic E-state index is 0.299. The van der Waals surface area contributed by atoms with E-state index in [-0.39, 0.29) is 5.91 Å². The largest absolute Gasteiger partial charge is 0.393 e. The number of hydrogen-bond donors (Lipinski definition) is 2. The summed E-state index contributed by atoms with van der Waals surface area (Å²) < 4.78 is 0. The molecule has 0 aromatic heterocycles. The third kappa shape index (κ3) is 3.83. The zero-order chi connectivity index (χ0) is 13.9. The van der Waals surface area contributed by atoms with Gasteiger partial charge in [0.05, 0.1) is 15.6 Å². The van der Waals surface area contributed by atoms with Gasteiger partial charge in [-0.1, -0.05) is 49.3 Å². The predicted octanol–water partition coefficient (Wildman–Crippen LogP) is 3.04. The van der Waals surface area contributed by atoms with Gasteiger partial charge < -0.3 is 11.1 Å². The second-order valence-electron chi connectivity index (χ2n) is 4.55. The van der Waals surface area contributed by atoms with Gasteiger partial charge in [0.15, 0.2) is 0 Å². The molecule has 3 N–H and O–H groups in total. The zero-order valence-corrected chi connectivity index (χ0v) is 12.4. The van der Waals surface area contributed by atoms with E-state index in [9.17, 15) is 4.79 Å². The van der Waals surface area contributed by atoms with E-state index in [1.54, 1.807) is 12.1 Å². The van der Waals surface area contributed by atoms with E-state index in [1.165, 1.54) is 6.07 Å². The molecule has 0 aliphatic rings. The first-order valence-corrected chi connectivity index (χ1v) is 6.43. The van der Waals surface area contributed by atoms with Crippen LogP contribution in [0.4, 0.5) is 0 Å². The molecular formula is C12H14Cl2N2OS. The van der Waals surface area contributed by atoms with E-state index in [0.29, 0.717) is 27.1 Å². The van der Waals surface area contributed by atoms with Crippen molar-refractivity contribution < 1.29 is 4.79 Å². The molecule has 0 fully saturated rings. The molecule has 98 valence electrons. The number of benzene rings is 1. The van der Waals surface area contributed by atoms with Crippen LogP contribution in [0.15, 0.2) is 18.2 Å². The summed E-state index contributed by atoms with van der Waals surface area (Å²) in [6, 6.07) is 4.73. The number of thiocarbonyl (C=S) groups is 1. The molecule has 0 atom stereocenters. The highest BCUT2D eigenvalue weighted by atomic mass is 35.5. The topological polar surface area (TPSA) is 55.1 Å². The van der Waals surface area contributed by atoms with Gasteiger partial charge in [-0.25, -0.2) is 0 Å². The molecule has 0 heterocycles. The van der Waals surface area contributed by atoms with Crippen LogP contribution in [-0.4, -0.2) is 17.4 Å². The van der Waals surface area contributed by atoms with E-state index in [2.05, 4.69) is 5.32 Å². The molecule has 0 bridgehead atoms. The van der Waals surface area contributed by atoms with Crippen LogP contribution < -0.4 is 11.1 Å². The highest BCUT2D eigenvalue weighted by Gasteiger charge is 2.23. The Labute approximate surface area is 122 Å². The van der Waals surface area contributed by atoms with Crippen LogP contribution in [0.25, 0.3) is 0 Å². The first kappa shape index (κ1) is 15.2. The van der Waals surface area contributed by atoms with Crippen molar-refractivity contribution in [1.29, 1.82) is 0 Å². The lowest BCUT2D eigenvalue weighted by molar-refractivity contribution is 0.0945. The molecule has 1 amide bonds. The zero-order valence-electron chi connectivity index (χ0n) is 10.1. The Balaban J connectivity index is 2.78. The molecule has 0 aliphatic carbocycles. The molecule has 18 heavy (non-hydrogen) atoms. The Bertz CT molecular complexity index is 489. The summed E-state index contributed by atoms with van der Waals surface area (Å²) in [4.78, 5) is 12.3. The number of nitrogens with one attached hydrogen (secondary N) is 1. The van der Waals surface area contributed by atoms with Gasteiger partial charge in [-0.15, -0.1) is 0 Å². The summed E-state index contributed by atoms with van der Waals surface area (Å²) in [7, 11) is 0. The fourth-order valence-corrected chi connectivity index (χ4v) is 1.60. The van der Waals surface area contributed by atoms with Crippen LogP contribution in [0.3, 0.4) is 0 Å². The van der Waals surface area contributed by atoms with E-state index in [4.69, 9.17) is 41.2 Å². The first-order valence-electron chi connectivity index (χ1n) is 5.27. The molecule has 0 saturated carbocycles. The van der Waals surface area contributed by atoms with Crippen molar-refractivity contribution in [1.82, 2.24) is 5.32 Å². The molecule has 1 aromatic rings. The molecule has 6 heteroatoms. The summed E-state index contributed by atoms with van der Waals surface area (Å²) in [6.45, 7) is 4.05. The smallest absolute Gasteiger partial charge is 0.252 e. The van der Waals surface area contributed by atoms with Crippen LogP contribution >= 0.6 is 35.4 Å². The SMILES string of the molecule is CC(C)(CNC(=O)c1cc(Cl)ccc1Cl)C(N)=S. The number of carbonyl (C=O) groups excluding carboxylic acids is 1. The van der Waals surface area contributed by atoms with Crippen LogP contribution in [0.2, 0.25) is 10.0 Å². The quantitative estimate of drug-likeness (QED) is 0.841. The van der Waals surface area contributed by atoms with Gasteiger partial charge >= 0.3 is 0 Å². The van der Waals surface area contributed by atoms with Crippen molar-refractivity contribution in [3.8, 4) is 0 Å². The van der Waals surface area contributed by atoms with Gasteiger partial charge in [0, 0.05) is 17.0 Å². The second kappa shape index (κ2) is 5.87. The molecule has 1 aromatic carbocycles. The van der Waals surface area contributed by atoms with E-state index in [0.717, 1.165) is 0 Å². The molecule has 0 radical (unpaired) electrons. The van der Waals surface area contributed by atoms with Gasteiger partial charge in [-0.3, -0.25) is 4.79 Å². The van der Waals surface area contributed by atoms with Crippen molar-refractivity contribution in [3.63, 3.8) is 0 Å². The third-order valence-corrected chi connectivity index (χ3v) is 3.65. The minimum atomic E-state index is -0.448. The highest BCUT2D eigenvalue weighted by Crippen LogP contribution is 2.21. The first-order chi connectivity index (χ1) is 8.24. The lowest BCUT2D eigenvalue weighted by Crippen LogP contribution is -2.41. The van der Waals surface area contributed by atoms with Gasteiger partial charge in [0.1, 0.15) is 0 Å². The number of rotatable bonds is 4. The molecular weight excluding hydrogens is 291 g/mol. The van der Waals surface area contributed by atoms with Crippen molar-refractivity contribution in [3.05, 3.63) is 33.8 Å². The number of hydrogen-bond acceptors (Lipinski definition) is 2. The maximum Gasteiger partial charge on any atom is 0.252 e. The van der Waals surface area contributed by atoms with Gasteiger partial charge in [-0.05, 0) is 18.2 Å². The van der Waals surface area contributed by atoms with E-state index in [1.807, 2.05) is 13.8 Å². The lowest BCUT2D eigenvalue weighted by atomic mass is 9.93. The van der Waals surface area contributed by atoms with Crippen LogP contribution in [0.5, 0.6) is 0 Å².